The molecule has 0 aromatic carbocycles. The van der Waals surface area contributed by atoms with Gasteiger partial charge in [-0.3, -0.25) is 4.79 Å². The lowest BCUT2D eigenvalue weighted by molar-refractivity contribution is 0.0668. The lowest BCUT2D eigenvalue weighted by atomic mass is 10.2. The first-order valence-corrected chi connectivity index (χ1v) is 6.19. The van der Waals surface area contributed by atoms with Gasteiger partial charge in [-0.05, 0) is 12.5 Å². The van der Waals surface area contributed by atoms with Crippen molar-refractivity contribution in [3.05, 3.63) is 29.6 Å². The van der Waals surface area contributed by atoms with Gasteiger partial charge in [0.25, 0.3) is 5.91 Å². The highest BCUT2D eigenvalue weighted by molar-refractivity contribution is 5.94. The Bertz CT molecular complexity index is 444. The minimum Gasteiger partial charge on any atom is -0.385 e. The summed E-state index contributed by atoms with van der Waals surface area (Å²) in [5.41, 5.74) is -0.328. The molecule has 0 bridgehead atoms. The van der Waals surface area contributed by atoms with Crippen molar-refractivity contribution in [2.75, 3.05) is 40.5 Å². The molecule has 0 aliphatic rings. The van der Waals surface area contributed by atoms with Crippen molar-refractivity contribution >= 4 is 5.91 Å². The van der Waals surface area contributed by atoms with Gasteiger partial charge in [0.1, 0.15) is 0 Å². The fourth-order valence-electron chi connectivity index (χ4n) is 1.67. The number of hydrogen-bond donors (Lipinski definition) is 0. The van der Waals surface area contributed by atoms with E-state index in [1.165, 1.54) is 12.0 Å². The lowest BCUT2D eigenvalue weighted by Gasteiger charge is -2.22. The van der Waals surface area contributed by atoms with Gasteiger partial charge in [-0.15, -0.1) is 0 Å². The van der Waals surface area contributed by atoms with Gasteiger partial charge in [-0.25, -0.2) is 9.37 Å². The van der Waals surface area contributed by atoms with E-state index in [1.54, 1.807) is 7.11 Å². The van der Waals surface area contributed by atoms with Crippen LogP contribution >= 0.6 is 0 Å². The number of ether oxygens (including phenoxy) is 2. The fourth-order valence-corrected chi connectivity index (χ4v) is 1.67. The molecule has 0 aliphatic heterocycles. The standard InChI is InChI=1S/C13H18F2N2O3/c1-19-8-3-6-17(7-9-20-2)13(18)10-4-5-16-12(15)11(10)14/h4-5H,3,6-9H2,1-2H3. The molecule has 0 atom stereocenters. The summed E-state index contributed by atoms with van der Waals surface area (Å²) in [4.78, 5) is 16.8. The molecule has 0 unspecified atom stereocenters. The van der Waals surface area contributed by atoms with Gasteiger partial charge >= 0.3 is 0 Å². The van der Waals surface area contributed by atoms with E-state index >= 15 is 0 Å². The van der Waals surface area contributed by atoms with Crippen LogP contribution in [0.2, 0.25) is 0 Å². The number of aromatic nitrogens is 1. The number of amides is 1. The second kappa shape index (κ2) is 8.55. The van der Waals surface area contributed by atoms with Crippen molar-refractivity contribution in [1.82, 2.24) is 9.88 Å². The van der Waals surface area contributed by atoms with Crippen LogP contribution in [0.1, 0.15) is 16.8 Å². The van der Waals surface area contributed by atoms with Gasteiger partial charge in [0, 0.05) is 40.1 Å². The van der Waals surface area contributed by atoms with Crippen LogP contribution in [0.4, 0.5) is 8.78 Å². The van der Waals surface area contributed by atoms with Gasteiger partial charge in [-0.1, -0.05) is 0 Å². The van der Waals surface area contributed by atoms with Crippen LogP contribution in [0.5, 0.6) is 0 Å². The number of pyridine rings is 1. The third-order valence-electron chi connectivity index (χ3n) is 2.71. The Kier molecular flexibility index (Phi) is 7.03. The normalized spacial score (nSPS) is 10.6. The zero-order chi connectivity index (χ0) is 15.0. The molecule has 0 saturated carbocycles. The summed E-state index contributed by atoms with van der Waals surface area (Å²) in [5.74, 6) is -3.09. The van der Waals surface area contributed by atoms with Crippen LogP contribution in [0.15, 0.2) is 12.3 Å². The summed E-state index contributed by atoms with van der Waals surface area (Å²) in [6.45, 7) is 1.46. The van der Waals surface area contributed by atoms with E-state index in [2.05, 4.69) is 4.98 Å². The van der Waals surface area contributed by atoms with Gasteiger partial charge in [0.2, 0.25) is 5.95 Å². The summed E-state index contributed by atoms with van der Waals surface area (Å²) in [7, 11) is 3.06. The number of methoxy groups -OCH3 is 2. The number of carbonyl (C=O) groups excluding carboxylic acids is 1. The first kappa shape index (κ1) is 16.5. The van der Waals surface area contributed by atoms with Crippen LogP contribution in [0, 0.1) is 11.8 Å². The summed E-state index contributed by atoms with van der Waals surface area (Å²) < 4.78 is 36.5. The predicted octanol–water partition coefficient (Wildman–Crippen LogP) is 1.48. The molecule has 0 N–H and O–H groups in total. The monoisotopic (exact) mass is 288 g/mol. The van der Waals surface area contributed by atoms with Crippen LogP contribution in [-0.2, 0) is 9.47 Å². The fraction of sp³-hybridized carbons (Fsp3) is 0.538. The van der Waals surface area contributed by atoms with E-state index in [-0.39, 0.29) is 5.56 Å². The summed E-state index contributed by atoms with van der Waals surface area (Å²) >= 11 is 0. The number of rotatable bonds is 8. The molecule has 1 amide bonds. The average molecular weight is 288 g/mol. The van der Waals surface area contributed by atoms with Crippen molar-refractivity contribution in [1.29, 1.82) is 0 Å². The lowest BCUT2D eigenvalue weighted by Crippen LogP contribution is -2.36. The first-order valence-electron chi connectivity index (χ1n) is 6.19. The van der Waals surface area contributed by atoms with Crippen LogP contribution in [0.3, 0.4) is 0 Å². The topological polar surface area (TPSA) is 51.7 Å². The minimum atomic E-state index is -1.28. The molecular weight excluding hydrogens is 270 g/mol. The van der Waals surface area contributed by atoms with Crippen LogP contribution < -0.4 is 0 Å². The first-order chi connectivity index (χ1) is 9.61. The highest BCUT2D eigenvalue weighted by Gasteiger charge is 2.21. The predicted molar refractivity (Wildman–Crippen MR) is 68.4 cm³/mol. The van der Waals surface area contributed by atoms with Crippen molar-refractivity contribution < 1.29 is 23.0 Å². The van der Waals surface area contributed by atoms with Crippen molar-refractivity contribution in [3.63, 3.8) is 0 Å². The Hall–Kier alpha value is -1.60. The average Bonchev–Trinajstić information content (AvgIpc) is 2.45. The van der Waals surface area contributed by atoms with Gasteiger partial charge < -0.3 is 14.4 Å². The largest absolute Gasteiger partial charge is 0.385 e. The zero-order valence-electron chi connectivity index (χ0n) is 11.6. The minimum absolute atomic E-state index is 0.294. The second-order valence-electron chi connectivity index (χ2n) is 4.09. The molecule has 20 heavy (non-hydrogen) atoms. The number of hydrogen-bond acceptors (Lipinski definition) is 4. The summed E-state index contributed by atoms with van der Waals surface area (Å²) in [6, 6.07) is 1.16. The third-order valence-corrected chi connectivity index (χ3v) is 2.71. The van der Waals surface area contributed by atoms with Crippen molar-refractivity contribution in [3.8, 4) is 0 Å². The van der Waals surface area contributed by atoms with Crippen molar-refractivity contribution in [2.24, 2.45) is 0 Å². The Morgan fingerprint density at radius 1 is 1.25 bits per heavy atom. The van der Waals surface area contributed by atoms with E-state index in [1.807, 2.05) is 0 Å². The van der Waals surface area contributed by atoms with Crippen molar-refractivity contribution in [2.45, 2.75) is 6.42 Å². The van der Waals surface area contributed by atoms with E-state index in [9.17, 15) is 13.6 Å². The maximum Gasteiger partial charge on any atom is 0.257 e. The Morgan fingerprint density at radius 3 is 2.60 bits per heavy atom. The van der Waals surface area contributed by atoms with Crippen LogP contribution in [-0.4, -0.2) is 56.3 Å². The Morgan fingerprint density at radius 2 is 1.95 bits per heavy atom. The van der Waals surface area contributed by atoms with Gasteiger partial charge in [0.05, 0.1) is 12.2 Å². The van der Waals surface area contributed by atoms with E-state index in [0.717, 1.165) is 12.3 Å². The molecule has 1 aromatic rings. The quantitative estimate of drug-likeness (QED) is 0.537. The smallest absolute Gasteiger partial charge is 0.257 e. The SMILES string of the molecule is COCCCN(CCOC)C(=O)c1ccnc(F)c1F. The third kappa shape index (κ3) is 4.50. The molecule has 1 heterocycles. The molecular formula is C13H18F2N2O3. The molecule has 0 spiro atoms. The highest BCUT2D eigenvalue weighted by atomic mass is 19.2. The number of halogens is 2. The highest BCUT2D eigenvalue weighted by Crippen LogP contribution is 2.12. The maximum atomic E-state index is 13.6. The van der Waals surface area contributed by atoms with Gasteiger partial charge in [0.15, 0.2) is 5.82 Å². The summed E-state index contributed by atoms with van der Waals surface area (Å²) in [5, 5.41) is 0. The number of carbonyl (C=O) groups is 1. The Labute approximate surface area is 116 Å². The van der Waals surface area contributed by atoms with E-state index in [4.69, 9.17) is 9.47 Å². The molecule has 0 fully saturated rings. The molecule has 1 rings (SSSR count). The zero-order valence-corrected chi connectivity index (χ0v) is 11.6. The van der Waals surface area contributed by atoms with Gasteiger partial charge in [-0.2, -0.15) is 4.39 Å². The molecule has 7 heteroatoms. The molecule has 5 nitrogen and oxygen atoms in total. The molecule has 0 saturated heterocycles. The van der Waals surface area contributed by atoms with E-state index < -0.39 is 17.7 Å². The Balaban J connectivity index is 2.82. The maximum absolute atomic E-state index is 13.6. The second-order valence-corrected chi connectivity index (χ2v) is 4.09. The van der Waals surface area contributed by atoms with Crippen LogP contribution in [0.25, 0.3) is 0 Å². The van der Waals surface area contributed by atoms with E-state index in [0.29, 0.717) is 32.7 Å². The molecule has 0 radical (unpaired) electrons. The number of nitrogens with zero attached hydrogens (tertiary/aromatic N) is 2. The summed E-state index contributed by atoms with van der Waals surface area (Å²) in [6.07, 6.45) is 1.66. The molecule has 0 aliphatic carbocycles. The molecule has 1 aromatic heterocycles. The molecule has 112 valence electrons.